The number of rotatable bonds is 6. The van der Waals surface area contributed by atoms with E-state index in [-0.39, 0.29) is 11.7 Å². The van der Waals surface area contributed by atoms with Crippen molar-refractivity contribution in [2.24, 2.45) is 0 Å². The van der Waals surface area contributed by atoms with E-state index in [1.54, 1.807) is 24.3 Å². The number of aromatic amines is 1. The number of nitrogens with one attached hydrogen (secondary N) is 2. The van der Waals surface area contributed by atoms with Crippen molar-refractivity contribution >= 4 is 28.4 Å². The third-order valence-corrected chi connectivity index (χ3v) is 5.22. The smallest absolute Gasteiger partial charge is 0.238 e. The number of carbonyl (C=O) groups is 2. The van der Waals surface area contributed by atoms with Crippen LogP contribution in [0.25, 0.3) is 11.0 Å². The molecule has 1 fully saturated rings. The standard InChI is InChI=1S/C22H25N5O2/c1-16(28)17-6-8-18(9-7-17)23-22(29)15-27-12-10-26(11-13-27)14-21-24-19-4-2-3-5-20(19)25-21/h2-9H,10-15H2,1H3,(H,23,29)(H,24,25). The molecule has 0 aliphatic carbocycles. The Morgan fingerprint density at radius 1 is 1.00 bits per heavy atom. The molecule has 0 saturated carbocycles. The van der Waals surface area contributed by atoms with Gasteiger partial charge in [-0.25, -0.2) is 4.98 Å². The first kappa shape index (κ1) is 19.3. The number of aromatic nitrogens is 2. The van der Waals surface area contributed by atoms with Gasteiger partial charge in [0.25, 0.3) is 0 Å². The molecule has 1 aliphatic rings. The Hall–Kier alpha value is -3.03. The number of Topliss-reactive ketones (excluding diaryl/α,β-unsaturated/α-hetero) is 1. The summed E-state index contributed by atoms with van der Waals surface area (Å²) in [6.07, 6.45) is 0. The second-order valence-corrected chi connectivity index (χ2v) is 7.43. The third kappa shape index (κ3) is 4.88. The van der Waals surface area contributed by atoms with Crippen LogP contribution < -0.4 is 5.32 Å². The zero-order valence-corrected chi connectivity index (χ0v) is 16.5. The van der Waals surface area contributed by atoms with Crippen molar-refractivity contribution < 1.29 is 9.59 Å². The van der Waals surface area contributed by atoms with Gasteiger partial charge in [-0.3, -0.25) is 19.4 Å². The fourth-order valence-electron chi connectivity index (χ4n) is 3.59. The van der Waals surface area contributed by atoms with Crippen LogP contribution in [0.4, 0.5) is 5.69 Å². The molecule has 3 aromatic rings. The van der Waals surface area contributed by atoms with E-state index in [1.165, 1.54) is 6.92 Å². The van der Waals surface area contributed by atoms with E-state index < -0.39 is 0 Å². The highest BCUT2D eigenvalue weighted by Crippen LogP contribution is 2.13. The van der Waals surface area contributed by atoms with Gasteiger partial charge in [-0.15, -0.1) is 0 Å². The zero-order valence-electron chi connectivity index (χ0n) is 16.5. The van der Waals surface area contributed by atoms with Gasteiger partial charge < -0.3 is 10.3 Å². The summed E-state index contributed by atoms with van der Waals surface area (Å²) in [5.74, 6) is 0.959. The van der Waals surface area contributed by atoms with Gasteiger partial charge >= 0.3 is 0 Å². The summed E-state index contributed by atoms with van der Waals surface area (Å²) in [7, 11) is 0. The first-order valence-corrected chi connectivity index (χ1v) is 9.86. The summed E-state index contributed by atoms with van der Waals surface area (Å²) in [6.45, 7) is 6.18. The molecule has 7 nitrogen and oxygen atoms in total. The maximum absolute atomic E-state index is 12.3. The molecule has 150 valence electrons. The van der Waals surface area contributed by atoms with Crippen molar-refractivity contribution in [2.45, 2.75) is 13.5 Å². The molecule has 0 radical (unpaired) electrons. The average Bonchev–Trinajstić information content (AvgIpc) is 3.12. The molecular formula is C22H25N5O2. The van der Waals surface area contributed by atoms with Gasteiger partial charge in [-0.1, -0.05) is 12.1 Å². The van der Waals surface area contributed by atoms with Crippen LogP contribution >= 0.6 is 0 Å². The van der Waals surface area contributed by atoms with Crippen LogP contribution in [0.5, 0.6) is 0 Å². The molecular weight excluding hydrogens is 366 g/mol. The molecule has 2 N–H and O–H groups in total. The molecule has 0 bridgehead atoms. The molecule has 2 aromatic carbocycles. The second-order valence-electron chi connectivity index (χ2n) is 7.43. The second kappa shape index (κ2) is 8.55. The van der Waals surface area contributed by atoms with Crippen LogP contribution in [0.1, 0.15) is 23.1 Å². The maximum Gasteiger partial charge on any atom is 0.238 e. The monoisotopic (exact) mass is 391 g/mol. The lowest BCUT2D eigenvalue weighted by molar-refractivity contribution is -0.117. The lowest BCUT2D eigenvalue weighted by atomic mass is 10.1. The number of fused-ring (bicyclic) bond motifs is 1. The molecule has 1 amide bonds. The Bertz CT molecular complexity index is 970. The summed E-state index contributed by atoms with van der Waals surface area (Å²) in [5.41, 5.74) is 3.41. The lowest BCUT2D eigenvalue weighted by Gasteiger charge is -2.33. The molecule has 0 atom stereocenters. The van der Waals surface area contributed by atoms with E-state index in [2.05, 4.69) is 25.1 Å². The fraction of sp³-hybridized carbons (Fsp3) is 0.318. The van der Waals surface area contributed by atoms with E-state index in [4.69, 9.17) is 0 Å². The molecule has 1 aromatic heterocycles. The highest BCUT2D eigenvalue weighted by Gasteiger charge is 2.20. The van der Waals surface area contributed by atoms with Gasteiger partial charge in [0.05, 0.1) is 24.1 Å². The number of piperazine rings is 1. The first-order valence-electron chi connectivity index (χ1n) is 9.86. The molecule has 1 aliphatic heterocycles. The Morgan fingerprint density at radius 3 is 2.38 bits per heavy atom. The zero-order chi connectivity index (χ0) is 20.2. The van der Waals surface area contributed by atoms with E-state index >= 15 is 0 Å². The topological polar surface area (TPSA) is 81.3 Å². The third-order valence-electron chi connectivity index (χ3n) is 5.22. The van der Waals surface area contributed by atoms with Crippen molar-refractivity contribution in [3.05, 3.63) is 59.9 Å². The Morgan fingerprint density at radius 2 is 1.69 bits per heavy atom. The summed E-state index contributed by atoms with van der Waals surface area (Å²) >= 11 is 0. The summed E-state index contributed by atoms with van der Waals surface area (Å²) in [5, 5.41) is 2.90. The molecule has 1 saturated heterocycles. The van der Waals surface area contributed by atoms with Crippen LogP contribution in [0.3, 0.4) is 0 Å². The quantitative estimate of drug-likeness (QED) is 0.631. The van der Waals surface area contributed by atoms with Crippen LogP contribution in [0, 0.1) is 0 Å². The van der Waals surface area contributed by atoms with Crippen molar-refractivity contribution in [1.82, 2.24) is 19.8 Å². The minimum Gasteiger partial charge on any atom is -0.341 e. The van der Waals surface area contributed by atoms with Gasteiger partial charge in [0, 0.05) is 37.4 Å². The average molecular weight is 391 g/mol. The molecule has 29 heavy (non-hydrogen) atoms. The fourth-order valence-corrected chi connectivity index (χ4v) is 3.59. The SMILES string of the molecule is CC(=O)c1ccc(NC(=O)CN2CCN(Cc3nc4ccccc4[nH]3)CC2)cc1. The first-order chi connectivity index (χ1) is 14.1. The summed E-state index contributed by atoms with van der Waals surface area (Å²) in [4.78, 5) is 36.2. The number of anilines is 1. The molecule has 0 unspecified atom stereocenters. The normalized spacial score (nSPS) is 15.5. The van der Waals surface area contributed by atoms with Crippen molar-refractivity contribution in [1.29, 1.82) is 0 Å². The van der Waals surface area contributed by atoms with Crippen LogP contribution in [0.15, 0.2) is 48.5 Å². The number of imidazole rings is 1. The predicted octanol–water partition coefficient (Wildman–Crippen LogP) is 2.52. The summed E-state index contributed by atoms with van der Waals surface area (Å²) in [6, 6.07) is 15.0. The number of para-hydroxylation sites is 2. The van der Waals surface area contributed by atoms with Crippen LogP contribution in [-0.2, 0) is 11.3 Å². The van der Waals surface area contributed by atoms with Gasteiger partial charge in [-0.2, -0.15) is 0 Å². The van der Waals surface area contributed by atoms with E-state index in [0.717, 1.165) is 49.6 Å². The number of benzene rings is 2. The number of nitrogens with zero attached hydrogens (tertiary/aromatic N) is 3. The van der Waals surface area contributed by atoms with Gasteiger partial charge in [0.2, 0.25) is 5.91 Å². The van der Waals surface area contributed by atoms with Crippen molar-refractivity contribution in [2.75, 3.05) is 38.0 Å². The number of hydrogen-bond donors (Lipinski definition) is 2. The van der Waals surface area contributed by atoms with E-state index in [1.807, 2.05) is 24.3 Å². The lowest BCUT2D eigenvalue weighted by Crippen LogP contribution is -2.48. The Kier molecular flexibility index (Phi) is 5.69. The van der Waals surface area contributed by atoms with Crippen LogP contribution in [0.2, 0.25) is 0 Å². The van der Waals surface area contributed by atoms with Gasteiger partial charge in [0.1, 0.15) is 5.82 Å². The number of amides is 1. The Labute approximate surface area is 169 Å². The number of H-pyrrole nitrogens is 1. The Balaban J connectivity index is 1.24. The number of hydrogen-bond acceptors (Lipinski definition) is 5. The molecule has 0 spiro atoms. The van der Waals surface area contributed by atoms with E-state index in [0.29, 0.717) is 17.8 Å². The maximum atomic E-state index is 12.3. The van der Waals surface area contributed by atoms with Crippen LogP contribution in [-0.4, -0.2) is 64.2 Å². The van der Waals surface area contributed by atoms with Crippen molar-refractivity contribution in [3.8, 4) is 0 Å². The van der Waals surface area contributed by atoms with E-state index in [9.17, 15) is 9.59 Å². The number of ketones is 1. The number of carbonyl (C=O) groups excluding carboxylic acids is 2. The summed E-state index contributed by atoms with van der Waals surface area (Å²) < 4.78 is 0. The minimum atomic E-state index is -0.0358. The molecule has 4 rings (SSSR count). The highest BCUT2D eigenvalue weighted by molar-refractivity contribution is 5.96. The molecule has 2 heterocycles. The van der Waals surface area contributed by atoms with Gasteiger partial charge in [-0.05, 0) is 43.3 Å². The minimum absolute atomic E-state index is 0.0170. The van der Waals surface area contributed by atoms with Crippen molar-refractivity contribution in [3.63, 3.8) is 0 Å². The molecule has 7 heteroatoms. The largest absolute Gasteiger partial charge is 0.341 e. The van der Waals surface area contributed by atoms with Gasteiger partial charge in [0.15, 0.2) is 5.78 Å². The highest BCUT2D eigenvalue weighted by atomic mass is 16.2. The predicted molar refractivity (Wildman–Crippen MR) is 113 cm³/mol.